The SMILES string of the molecule is CCNC(=NCC(O)c1ccccc1F)NCCc1cccc(F)c1.I. The summed E-state index contributed by atoms with van der Waals surface area (Å²) in [5.41, 5.74) is 1.11. The number of halogens is 3. The molecular weight excluding hydrogens is 451 g/mol. The molecule has 0 aliphatic heterocycles. The Balaban J connectivity index is 0.00000338. The fourth-order valence-electron chi connectivity index (χ4n) is 2.38. The predicted octanol–water partition coefficient (Wildman–Crippen LogP) is 3.41. The van der Waals surface area contributed by atoms with Crippen molar-refractivity contribution in [3.05, 3.63) is 71.3 Å². The van der Waals surface area contributed by atoms with Gasteiger partial charge in [-0.05, 0) is 37.1 Å². The number of hydrogen-bond acceptors (Lipinski definition) is 2. The average molecular weight is 475 g/mol. The molecule has 7 heteroatoms. The zero-order valence-corrected chi connectivity index (χ0v) is 16.9. The zero-order chi connectivity index (χ0) is 18.1. The summed E-state index contributed by atoms with van der Waals surface area (Å²) in [5.74, 6) is -0.186. The summed E-state index contributed by atoms with van der Waals surface area (Å²) in [6.07, 6.45) is -0.377. The highest BCUT2D eigenvalue weighted by Gasteiger charge is 2.11. The van der Waals surface area contributed by atoms with E-state index < -0.39 is 11.9 Å². The highest BCUT2D eigenvalue weighted by Crippen LogP contribution is 2.16. The molecule has 2 aromatic rings. The first-order valence-corrected chi connectivity index (χ1v) is 8.29. The lowest BCUT2D eigenvalue weighted by Crippen LogP contribution is -2.38. The van der Waals surface area contributed by atoms with Crippen molar-refractivity contribution in [1.29, 1.82) is 0 Å². The number of aliphatic hydroxyl groups excluding tert-OH is 1. The van der Waals surface area contributed by atoms with Crippen LogP contribution in [-0.2, 0) is 6.42 Å². The molecule has 0 saturated heterocycles. The van der Waals surface area contributed by atoms with Crippen molar-refractivity contribution in [3.8, 4) is 0 Å². The minimum absolute atomic E-state index is 0. The zero-order valence-electron chi connectivity index (χ0n) is 14.6. The Labute approximate surface area is 169 Å². The monoisotopic (exact) mass is 475 g/mol. The third kappa shape index (κ3) is 7.25. The quantitative estimate of drug-likeness (QED) is 0.327. The molecule has 0 aromatic heterocycles. The maximum atomic E-state index is 13.7. The fraction of sp³-hybridized carbons (Fsp3) is 0.316. The van der Waals surface area contributed by atoms with Crippen molar-refractivity contribution in [3.63, 3.8) is 0 Å². The van der Waals surface area contributed by atoms with Gasteiger partial charge in [0.1, 0.15) is 17.7 Å². The second kappa shape index (κ2) is 11.8. The number of hydrogen-bond donors (Lipinski definition) is 3. The lowest BCUT2D eigenvalue weighted by atomic mass is 10.1. The Bertz CT molecular complexity index is 713. The van der Waals surface area contributed by atoms with Crippen LogP contribution in [-0.4, -0.2) is 30.7 Å². The van der Waals surface area contributed by atoms with Gasteiger partial charge in [-0.3, -0.25) is 4.99 Å². The number of guanidine groups is 1. The first-order valence-electron chi connectivity index (χ1n) is 8.29. The van der Waals surface area contributed by atoms with Crippen molar-refractivity contribution in [2.45, 2.75) is 19.4 Å². The molecule has 0 spiro atoms. The summed E-state index contributed by atoms with van der Waals surface area (Å²) in [6.45, 7) is 3.18. The summed E-state index contributed by atoms with van der Waals surface area (Å²) in [7, 11) is 0. The van der Waals surface area contributed by atoms with Gasteiger partial charge in [0.05, 0.1) is 6.54 Å². The smallest absolute Gasteiger partial charge is 0.191 e. The molecule has 142 valence electrons. The topological polar surface area (TPSA) is 56.7 Å². The molecule has 0 fully saturated rings. The molecular formula is C19H24F2IN3O. The molecule has 0 aliphatic rings. The number of aliphatic imine (C=N–C) groups is 1. The van der Waals surface area contributed by atoms with Crippen LogP contribution in [0.5, 0.6) is 0 Å². The van der Waals surface area contributed by atoms with Crippen LogP contribution in [0.4, 0.5) is 8.78 Å². The van der Waals surface area contributed by atoms with E-state index >= 15 is 0 Å². The van der Waals surface area contributed by atoms with Crippen LogP contribution in [0.3, 0.4) is 0 Å². The number of aliphatic hydroxyl groups is 1. The van der Waals surface area contributed by atoms with Crippen molar-refractivity contribution < 1.29 is 13.9 Å². The number of nitrogens with zero attached hydrogens (tertiary/aromatic N) is 1. The molecule has 4 nitrogen and oxygen atoms in total. The van der Waals surface area contributed by atoms with E-state index in [1.165, 1.54) is 18.2 Å². The molecule has 0 saturated carbocycles. The van der Waals surface area contributed by atoms with Crippen LogP contribution in [0.15, 0.2) is 53.5 Å². The summed E-state index contributed by atoms with van der Waals surface area (Å²) >= 11 is 0. The van der Waals surface area contributed by atoms with E-state index in [4.69, 9.17) is 0 Å². The number of benzene rings is 2. The van der Waals surface area contributed by atoms with Crippen LogP contribution in [0.25, 0.3) is 0 Å². The van der Waals surface area contributed by atoms with E-state index in [0.29, 0.717) is 25.5 Å². The van der Waals surface area contributed by atoms with Gasteiger partial charge < -0.3 is 15.7 Å². The highest BCUT2D eigenvalue weighted by molar-refractivity contribution is 14.0. The van der Waals surface area contributed by atoms with Gasteiger partial charge in [-0.2, -0.15) is 0 Å². The van der Waals surface area contributed by atoms with Crippen molar-refractivity contribution in [2.24, 2.45) is 4.99 Å². The van der Waals surface area contributed by atoms with Gasteiger partial charge in [0.15, 0.2) is 5.96 Å². The van der Waals surface area contributed by atoms with Gasteiger partial charge in [-0.1, -0.05) is 30.3 Å². The summed E-state index contributed by atoms with van der Waals surface area (Å²) in [6, 6.07) is 12.5. The first kappa shape index (κ1) is 22.3. The Hall–Kier alpha value is -1.74. The highest BCUT2D eigenvalue weighted by atomic mass is 127. The van der Waals surface area contributed by atoms with E-state index in [9.17, 15) is 13.9 Å². The molecule has 0 amide bonds. The van der Waals surface area contributed by atoms with E-state index in [-0.39, 0.29) is 41.9 Å². The van der Waals surface area contributed by atoms with Gasteiger partial charge in [-0.25, -0.2) is 8.78 Å². The number of nitrogens with one attached hydrogen (secondary N) is 2. The first-order chi connectivity index (χ1) is 12.1. The Morgan fingerprint density at radius 3 is 2.58 bits per heavy atom. The van der Waals surface area contributed by atoms with Crippen LogP contribution < -0.4 is 10.6 Å². The lowest BCUT2D eigenvalue weighted by Gasteiger charge is -2.14. The van der Waals surface area contributed by atoms with Gasteiger partial charge in [0, 0.05) is 18.7 Å². The van der Waals surface area contributed by atoms with Crippen LogP contribution in [0.1, 0.15) is 24.2 Å². The largest absolute Gasteiger partial charge is 0.386 e. The maximum absolute atomic E-state index is 13.7. The average Bonchev–Trinajstić information content (AvgIpc) is 2.60. The predicted molar refractivity (Wildman–Crippen MR) is 111 cm³/mol. The third-order valence-corrected chi connectivity index (χ3v) is 3.63. The van der Waals surface area contributed by atoms with Gasteiger partial charge in [-0.15, -0.1) is 24.0 Å². The molecule has 1 atom stereocenters. The van der Waals surface area contributed by atoms with Crippen LogP contribution >= 0.6 is 24.0 Å². The molecule has 1 unspecified atom stereocenters. The molecule has 0 bridgehead atoms. The van der Waals surface area contributed by atoms with Crippen LogP contribution in [0, 0.1) is 11.6 Å². The van der Waals surface area contributed by atoms with Gasteiger partial charge in [0.25, 0.3) is 0 Å². The molecule has 2 aromatic carbocycles. The molecule has 0 radical (unpaired) electrons. The van der Waals surface area contributed by atoms with Crippen molar-refractivity contribution >= 4 is 29.9 Å². The molecule has 0 aliphatic carbocycles. The molecule has 2 rings (SSSR count). The second-order valence-corrected chi connectivity index (χ2v) is 5.56. The van der Waals surface area contributed by atoms with E-state index in [1.807, 2.05) is 13.0 Å². The Morgan fingerprint density at radius 2 is 1.88 bits per heavy atom. The number of rotatable bonds is 7. The lowest BCUT2D eigenvalue weighted by molar-refractivity contribution is 0.182. The fourth-order valence-corrected chi connectivity index (χ4v) is 2.38. The third-order valence-electron chi connectivity index (χ3n) is 3.63. The van der Waals surface area contributed by atoms with E-state index in [0.717, 1.165) is 5.56 Å². The summed E-state index contributed by atoms with van der Waals surface area (Å²) in [5, 5.41) is 16.3. The second-order valence-electron chi connectivity index (χ2n) is 5.56. The van der Waals surface area contributed by atoms with Crippen LogP contribution in [0.2, 0.25) is 0 Å². The maximum Gasteiger partial charge on any atom is 0.191 e. The minimum Gasteiger partial charge on any atom is -0.386 e. The Kier molecular flexibility index (Phi) is 10.1. The standard InChI is InChI=1S/C19H23F2N3O.HI/c1-2-22-19(23-11-10-14-6-5-7-15(20)12-14)24-13-18(25)16-8-3-4-9-17(16)21;/h3-9,12,18,25H,2,10-11,13H2,1H3,(H2,22,23,24);1H. The Morgan fingerprint density at radius 1 is 1.12 bits per heavy atom. The normalized spacial score (nSPS) is 12.2. The minimum atomic E-state index is -1.01. The molecule has 26 heavy (non-hydrogen) atoms. The van der Waals surface area contributed by atoms with Gasteiger partial charge >= 0.3 is 0 Å². The summed E-state index contributed by atoms with van der Waals surface area (Å²) < 4.78 is 26.8. The van der Waals surface area contributed by atoms with E-state index in [2.05, 4.69) is 15.6 Å². The summed E-state index contributed by atoms with van der Waals surface area (Å²) in [4.78, 5) is 4.28. The van der Waals surface area contributed by atoms with E-state index in [1.54, 1.807) is 24.3 Å². The van der Waals surface area contributed by atoms with Crippen molar-refractivity contribution in [2.75, 3.05) is 19.6 Å². The molecule has 3 N–H and O–H groups in total. The molecule has 0 heterocycles. The van der Waals surface area contributed by atoms with Gasteiger partial charge in [0.2, 0.25) is 0 Å². The van der Waals surface area contributed by atoms with Crippen molar-refractivity contribution in [1.82, 2.24) is 10.6 Å².